The minimum Gasteiger partial charge on any atom is -0.456 e. The van der Waals surface area contributed by atoms with Gasteiger partial charge in [-0.2, -0.15) is 0 Å². The summed E-state index contributed by atoms with van der Waals surface area (Å²) in [6.45, 7) is 7.37. The first-order valence-corrected chi connectivity index (χ1v) is 9.51. The summed E-state index contributed by atoms with van der Waals surface area (Å²) in [5.74, 6) is 1.33. The van der Waals surface area contributed by atoms with Crippen molar-refractivity contribution in [3.63, 3.8) is 0 Å². The highest BCUT2D eigenvalue weighted by Gasteiger charge is 2.21. The van der Waals surface area contributed by atoms with Gasteiger partial charge >= 0.3 is 0 Å². The van der Waals surface area contributed by atoms with Crippen molar-refractivity contribution in [1.29, 1.82) is 0 Å². The van der Waals surface area contributed by atoms with Gasteiger partial charge in [0.2, 0.25) is 0 Å². The number of likely N-dealkylation sites (tertiary alicyclic amines) is 1. The maximum absolute atomic E-state index is 12.6. The number of rotatable bonds is 6. The fourth-order valence-corrected chi connectivity index (χ4v) is 3.81. The van der Waals surface area contributed by atoms with Crippen molar-refractivity contribution in [3.05, 3.63) is 34.8 Å². The van der Waals surface area contributed by atoms with Gasteiger partial charge in [-0.3, -0.25) is 9.69 Å². The molecule has 1 saturated heterocycles. The van der Waals surface area contributed by atoms with Crippen LogP contribution in [-0.2, 0) is 13.0 Å². The summed E-state index contributed by atoms with van der Waals surface area (Å²) in [5.41, 5.74) is 2.53. The standard InChI is InChI=1S/C20H30N2O2/c1-3-18-17(14-22-11-7-8-12-22)13-19(24-18)20(23)21-15(2)16-9-5-4-6-10-16/h9,13,15H,3-8,10-12,14H2,1-2H3,(H,21,23). The molecule has 2 heterocycles. The molecule has 1 fully saturated rings. The zero-order valence-corrected chi connectivity index (χ0v) is 15.1. The van der Waals surface area contributed by atoms with Crippen LogP contribution in [0.1, 0.15) is 74.3 Å². The number of nitrogens with zero attached hydrogens (tertiary/aromatic N) is 1. The van der Waals surface area contributed by atoms with Crippen LogP contribution in [0.4, 0.5) is 0 Å². The minimum absolute atomic E-state index is 0.0867. The number of carbonyl (C=O) groups excluding carboxylic acids is 1. The Morgan fingerprint density at radius 2 is 2.08 bits per heavy atom. The van der Waals surface area contributed by atoms with Crippen molar-refractivity contribution in [3.8, 4) is 0 Å². The van der Waals surface area contributed by atoms with Crippen LogP contribution in [0, 0.1) is 0 Å². The normalized spacial score (nSPS) is 20.0. The van der Waals surface area contributed by atoms with Crippen LogP contribution in [0.15, 0.2) is 22.1 Å². The van der Waals surface area contributed by atoms with Gasteiger partial charge in [0.05, 0.1) is 0 Å². The molecule has 1 aliphatic heterocycles. The SMILES string of the molecule is CCc1oc(C(=O)NC(C)C2=CCCCC2)cc1CN1CCCC1. The molecule has 4 heteroatoms. The van der Waals surface area contributed by atoms with Crippen molar-refractivity contribution in [2.75, 3.05) is 13.1 Å². The van der Waals surface area contributed by atoms with Crippen LogP contribution < -0.4 is 5.32 Å². The molecule has 0 radical (unpaired) electrons. The Kier molecular flexibility index (Phi) is 5.77. The van der Waals surface area contributed by atoms with E-state index in [0.717, 1.165) is 44.7 Å². The Hall–Kier alpha value is -1.55. The molecule has 0 spiro atoms. The maximum Gasteiger partial charge on any atom is 0.287 e. The average molecular weight is 330 g/mol. The monoisotopic (exact) mass is 330 g/mol. The van der Waals surface area contributed by atoms with E-state index in [9.17, 15) is 4.79 Å². The number of hydrogen-bond donors (Lipinski definition) is 1. The maximum atomic E-state index is 12.6. The lowest BCUT2D eigenvalue weighted by molar-refractivity contribution is 0.0915. The number of nitrogens with one attached hydrogen (secondary N) is 1. The summed E-state index contributed by atoms with van der Waals surface area (Å²) in [6, 6.07) is 2.05. The van der Waals surface area contributed by atoms with Gasteiger partial charge in [0.25, 0.3) is 5.91 Å². The Bertz CT molecular complexity index is 597. The van der Waals surface area contributed by atoms with Gasteiger partial charge in [0.1, 0.15) is 5.76 Å². The largest absolute Gasteiger partial charge is 0.456 e. The molecule has 4 nitrogen and oxygen atoms in total. The third-order valence-corrected chi connectivity index (χ3v) is 5.26. The molecule has 2 aliphatic rings. The van der Waals surface area contributed by atoms with E-state index in [4.69, 9.17) is 4.42 Å². The number of aryl methyl sites for hydroxylation is 1. The van der Waals surface area contributed by atoms with E-state index >= 15 is 0 Å². The zero-order chi connectivity index (χ0) is 16.9. The van der Waals surface area contributed by atoms with Crippen molar-refractivity contribution >= 4 is 5.91 Å². The van der Waals surface area contributed by atoms with Crippen molar-refractivity contribution in [2.24, 2.45) is 0 Å². The molecular formula is C20H30N2O2. The van der Waals surface area contributed by atoms with Gasteiger partial charge in [-0.25, -0.2) is 0 Å². The number of amides is 1. The van der Waals surface area contributed by atoms with E-state index in [2.05, 4.69) is 30.1 Å². The van der Waals surface area contributed by atoms with Gasteiger partial charge in [-0.15, -0.1) is 0 Å². The number of carbonyl (C=O) groups is 1. The fourth-order valence-electron chi connectivity index (χ4n) is 3.81. The molecule has 0 saturated carbocycles. The van der Waals surface area contributed by atoms with E-state index in [1.165, 1.54) is 36.8 Å². The Labute approximate surface area is 145 Å². The number of hydrogen-bond acceptors (Lipinski definition) is 3. The molecule has 3 rings (SSSR count). The second kappa shape index (κ2) is 8.02. The lowest BCUT2D eigenvalue weighted by Crippen LogP contribution is -2.34. The molecule has 1 amide bonds. The Balaban J connectivity index is 1.65. The van der Waals surface area contributed by atoms with Crippen LogP contribution in [-0.4, -0.2) is 29.9 Å². The molecule has 1 unspecified atom stereocenters. The third-order valence-electron chi connectivity index (χ3n) is 5.26. The first-order valence-electron chi connectivity index (χ1n) is 9.51. The first kappa shape index (κ1) is 17.3. The number of furan rings is 1. The molecule has 0 bridgehead atoms. The third kappa shape index (κ3) is 4.10. The summed E-state index contributed by atoms with van der Waals surface area (Å²) in [4.78, 5) is 15.0. The molecule has 1 aliphatic carbocycles. The van der Waals surface area contributed by atoms with Crippen molar-refractivity contribution in [2.45, 2.75) is 71.4 Å². The molecule has 132 valence electrons. The topological polar surface area (TPSA) is 45.5 Å². The Morgan fingerprint density at radius 1 is 1.29 bits per heavy atom. The first-order chi connectivity index (χ1) is 11.7. The van der Waals surface area contributed by atoms with Crippen LogP contribution >= 0.6 is 0 Å². The highest BCUT2D eigenvalue weighted by atomic mass is 16.4. The highest BCUT2D eigenvalue weighted by Crippen LogP contribution is 2.23. The quantitative estimate of drug-likeness (QED) is 0.800. The minimum atomic E-state index is -0.0867. The van der Waals surface area contributed by atoms with E-state index < -0.39 is 0 Å². The summed E-state index contributed by atoms with van der Waals surface area (Å²) >= 11 is 0. The molecule has 0 aromatic carbocycles. The van der Waals surface area contributed by atoms with Gasteiger partial charge in [-0.05, 0) is 64.6 Å². The predicted molar refractivity (Wildman–Crippen MR) is 96.1 cm³/mol. The summed E-state index contributed by atoms with van der Waals surface area (Å²) in [7, 11) is 0. The van der Waals surface area contributed by atoms with Gasteiger partial charge in [-0.1, -0.05) is 18.6 Å². The van der Waals surface area contributed by atoms with Crippen LogP contribution in [0.5, 0.6) is 0 Å². The summed E-state index contributed by atoms with van der Waals surface area (Å²) < 4.78 is 5.87. The second-order valence-electron chi connectivity index (χ2n) is 7.12. The van der Waals surface area contributed by atoms with Crippen LogP contribution in [0.2, 0.25) is 0 Å². The lowest BCUT2D eigenvalue weighted by atomic mass is 9.95. The molecule has 1 N–H and O–H groups in total. The van der Waals surface area contributed by atoms with E-state index in [-0.39, 0.29) is 11.9 Å². The Morgan fingerprint density at radius 3 is 2.75 bits per heavy atom. The zero-order valence-electron chi connectivity index (χ0n) is 15.1. The van der Waals surface area contributed by atoms with E-state index in [0.29, 0.717) is 5.76 Å². The van der Waals surface area contributed by atoms with Gasteiger partial charge in [0.15, 0.2) is 5.76 Å². The average Bonchev–Trinajstić information content (AvgIpc) is 3.25. The van der Waals surface area contributed by atoms with E-state index in [1.807, 2.05) is 6.07 Å². The molecular weight excluding hydrogens is 300 g/mol. The lowest BCUT2D eigenvalue weighted by Gasteiger charge is -2.20. The van der Waals surface area contributed by atoms with Crippen LogP contribution in [0.3, 0.4) is 0 Å². The second-order valence-corrected chi connectivity index (χ2v) is 7.12. The van der Waals surface area contributed by atoms with Gasteiger partial charge in [0, 0.05) is 24.6 Å². The van der Waals surface area contributed by atoms with Crippen LogP contribution in [0.25, 0.3) is 0 Å². The smallest absolute Gasteiger partial charge is 0.287 e. The summed E-state index contributed by atoms with van der Waals surface area (Å²) in [5, 5.41) is 3.11. The van der Waals surface area contributed by atoms with E-state index in [1.54, 1.807) is 0 Å². The summed E-state index contributed by atoms with van der Waals surface area (Å²) in [6.07, 6.45) is 10.4. The molecule has 1 aromatic rings. The van der Waals surface area contributed by atoms with Crippen molar-refractivity contribution < 1.29 is 9.21 Å². The number of allylic oxidation sites excluding steroid dienone is 1. The highest BCUT2D eigenvalue weighted by molar-refractivity contribution is 5.92. The fraction of sp³-hybridized carbons (Fsp3) is 0.650. The molecule has 1 aromatic heterocycles. The van der Waals surface area contributed by atoms with Crippen molar-refractivity contribution in [1.82, 2.24) is 10.2 Å². The van der Waals surface area contributed by atoms with Gasteiger partial charge < -0.3 is 9.73 Å². The molecule has 1 atom stereocenters. The molecule has 24 heavy (non-hydrogen) atoms. The predicted octanol–water partition coefficient (Wildman–Crippen LogP) is 4.06.